The van der Waals surface area contributed by atoms with Gasteiger partial charge in [0.15, 0.2) is 0 Å². The lowest BCUT2D eigenvalue weighted by Crippen LogP contribution is -2.17. The van der Waals surface area contributed by atoms with Crippen LogP contribution in [0.25, 0.3) is 21.7 Å². The molecule has 64 valence electrons. The highest BCUT2D eigenvalue weighted by Gasteiger charge is 2.02. The van der Waals surface area contributed by atoms with Crippen LogP contribution >= 0.6 is 22.7 Å². The first kappa shape index (κ1) is 7.41. The summed E-state index contributed by atoms with van der Waals surface area (Å²) in [7, 11) is 0. The lowest BCUT2D eigenvalue weighted by molar-refractivity contribution is 1.13. The van der Waals surface area contributed by atoms with E-state index in [2.05, 4.69) is 27.8 Å². The van der Waals surface area contributed by atoms with Gasteiger partial charge in [-0.3, -0.25) is 0 Å². The summed E-state index contributed by atoms with van der Waals surface area (Å²) in [5.74, 6) is 0. The van der Waals surface area contributed by atoms with Crippen molar-refractivity contribution in [2.24, 2.45) is 10.2 Å². The van der Waals surface area contributed by atoms with Crippen LogP contribution in [0.5, 0.6) is 0 Å². The van der Waals surface area contributed by atoms with Crippen LogP contribution in [0.4, 0.5) is 0 Å². The fourth-order valence-electron chi connectivity index (χ4n) is 1.44. The summed E-state index contributed by atoms with van der Waals surface area (Å²) in [5, 5.41) is 12.7. The summed E-state index contributed by atoms with van der Waals surface area (Å²) in [5.41, 5.74) is 0. The molecule has 4 heteroatoms. The zero-order chi connectivity index (χ0) is 8.67. The quantitative estimate of drug-likeness (QED) is 0.629. The van der Waals surface area contributed by atoms with Crippen LogP contribution in [-0.4, -0.2) is 6.54 Å². The molecule has 0 radical (unpaired) electrons. The second-order valence-corrected chi connectivity index (χ2v) is 5.00. The third kappa shape index (κ3) is 1.06. The molecule has 0 N–H and O–H groups in total. The molecule has 0 spiro atoms. The Balaban J connectivity index is 2.59. The molecule has 0 unspecified atom stereocenters. The second kappa shape index (κ2) is 2.75. The Kier molecular flexibility index (Phi) is 1.57. The highest BCUT2D eigenvalue weighted by molar-refractivity contribution is 7.36. The average molecular weight is 206 g/mol. The van der Waals surface area contributed by atoms with Gasteiger partial charge < -0.3 is 0 Å². The Morgan fingerprint density at radius 1 is 1.38 bits per heavy atom. The van der Waals surface area contributed by atoms with Gasteiger partial charge in [0.2, 0.25) is 0 Å². The van der Waals surface area contributed by atoms with E-state index in [1.54, 1.807) is 22.7 Å². The Hall–Kier alpha value is -1.00. The standard InChI is InChI=1S/C9H6N2S2/c1-3-10-11-5-8-6(1)7-2-4-12-9(7)13-8/h1-2,4-5H,3H2. The topological polar surface area (TPSA) is 24.7 Å². The number of hydrogen-bond donors (Lipinski definition) is 0. The van der Waals surface area contributed by atoms with Crippen LogP contribution in [0.3, 0.4) is 0 Å². The number of thiophene rings is 2. The van der Waals surface area contributed by atoms with E-state index >= 15 is 0 Å². The number of hydrogen-bond acceptors (Lipinski definition) is 4. The zero-order valence-corrected chi connectivity index (χ0v) is 8.36. The maximum absolute atomic E-state index is 3.97. The summed E-state index contributed by atoms with van der Waals surface area (Å²) >= 11 is 3.59. The number of nitrogens with zero attached hydrogens (tertiary/aromatic N) is 2. The minimum absolute atomic E-state index is 0.700. The van der Waals surface area contributed by atoms with E-state index < -0.39 is 0 Å². The molecule has 2 aromatic rings. The van der Waals surface area contributed by atoms with Crippen molar-refractivity contribution in [2.75, 3.05) is 6.54 Å². The summed E-state index contributed by atoms with van der Waals surface area (Å²) < 4.78 is 2.62. The van der Waals surface area contributed by atoms with Crippen LogP contribution in [0.15, 0.2) is 21.7 Å². The van der Waals surface area contributed by atoms with Gasteiger partial charge in [0.25, 0.3) is 0 Å². The molecule has 0 amide bonds. The third-order valence-corrected chi connectivity index (χ3v) is 4.22. The van der Waals surface area contributed by atoms with Crippen molar-refractivity contribution >= 4 is 44.3 Å². The predicted octanol–water partition coefficient (Wildman–Crippen LogP) is 1.95. The van der Waals surface area contributed by atoms with Crippen LogP contribution in [0.2, 0.25) is 0 Å². The van der Waals surface area contributed by atoms with Gasteiger partial charge in [-0.25, -0.2) is 0 Å². The maximum Gasteiger partial charge on any atom is 0.0877 e. The van der Waals surface area contributed by atoms with E-state index in [-0.39, 0.29) is 0 Å². The SMILES string of the molecule is C1=c2sc3sccc3c2=CCN=N1. The van der Waals surface area contributed by atoms with Crippen LogP contribution in [0, 0.1) is 0 Å². The van der Waals surface area contributed by atoms with Gasteiger partial charge in [-0.05, 0) is 11.4 Å². The first-order valence-electron chi connectivity index (χ1n) is 3.98. The molecule has 3 rings (SSSR count). The van der Waals surface area contributed by atoms with Gasteiger partial charge in [-0.2, -0.15) is 10.2 Å². The largest absolute Gasteiger partial charge is 0.185 e. The van der Waals surface area contributed by atoms with Gasteiger partial charge >= 0.3 is 0 Å². The van der Waals surface area contributed by atoms with Gasteiger partial charge in [-0.1, -0.05) is 6.08 Å². The summed E-state index contributed by atoms with van der Waals surface area (Å²) in [4.78, 5) is 0. The van der Waals surface area contributed by atoms with Gasteiger partial charge in [0.05, 0.1) is 21.3 Å². The molecule has 0 saturated heterocycles. The molecule has 2 aromatic heterocycles. The van der Waals surface area contributed by atoms with Gasteiger partial charge in [0.1, 0.15) is 0 Å². The maximum atomic E-state index is 3.97. The van der Waals surface area contributed by atoms with Crippen molar-refractivity contribution < 1.29 is 0 Å². The van der Waals surface area contributed by atoms with Crippen molar-refractivity contribution in [2.45, 2.75) is 0 Å². The second-order valence-electron chi connectivity index (χ2n) is 2.77. The fraction of sp³-hybridized carbons (Fsp3) is 0.111. The van der Waals surface area contributed by atoms with E-state index in [1.807, 2.05) is 6.20 Å². The molecule has 0 aliphatic carbocycles. The molecular formula is C9H6N2S2. The zero-order valence-electron chi connectivity index (χ0n) is 6.73. The number of azo groups is 1. The molecule has 1 aliphatic rings. The van der Waals surface area contributed by atoms with E-state index in [1.165, 1.54) is 19.2 Å². The van der Waals surface area contributed by atoms with Crippen molar-refractivity contribution in [3.63, 3.8) is 0 Å². The fourth-order valence-corrected chi connectivity index (χ4v) is 3.59. The van der Waals surface area contributed by atoms with E-state index in [0.717, 1.165) is 0 Å². The molecule has 3 heterocycles. The van der Waals surface area contributed by atoms with Gasteiger partial charge in [0, 0.05) is 10.6 Å². The summed E-state index contributed by atoms with van der Waals surface area (Å²) in [6.07, 6.45) is 4.00. The molecule has 0 atom stereocenters. The summed E-state index contributed by atoms with van der Waals surface area (Å²) in [6.45, 7) is 0.700. The summed E-state index contributed by atoms with van der Waals surface area (Å²) in [6, 6.07) is 2.17. The first-order valence-corrected chi connectivity index (χ1v) is 5.68. The first-order chi connectivity index (χ1) is 6.45. The molecule has 2 nitrogen and oxygen atoms in total. The molecule has 0 saturated carbocycles. The van der Waals surface area contributed by atoms with Crippen molar-refractivity contribution in [1.29, 1.82) is 0 Å². The van der Waals surface area contributed by atoms with E-state index in [0.29, 0.717) is 6.54 Å². The van der Waals surface area contributed by atoms with Crippen molar-refractivity contribution in [3.8, 4) is 0 Å². The van der Waals surface area contributed by atoms with Crippen molar-refractivity contribution in [1.82, 2.24) is 0 Å². The highest BCUT2D eigenvalue weighted by Crippen LogP contribution is 2.20. The van der Waals surface area contributed by atoms with E-state index in [9.17, 15) is 0 Å². The average Bonchev–Trinajstić information content (AvgIpc) is 2.61. The number of fused-ring (bicyclic) bond motifs is 3. The highest BCUT2D eigenvalue weighted by atomic mass is 32.2. The monoisotopic (exact) mass is 206 g/mol. The van der Waals surface area contributed by atoms with Crippen LogP contribution in [-0.2, 0) is 0 Å². The Morgan fingerprint density at radius 2 is 2.38 bits per heavy atom. The molecule has 13 heavy (non-hydrogen) atoms. The van der Waals surface area contributed by atoms with Crippen LogP contribution in [0.1, 0.15) is 0 Å². The van der Waals surface area contributed by atoms with Crippen LogP contribution < -0.4 is 9.75 Å². The molecule has 0 bridgehead atoms. The molecule has 0 fully saturated rings. The lowest BCUT2D eigenvalue weighted by Gasteiger charge is -1.76. The molecular weight excluding hydrogens is 200 g/mol. The third-order valence-electron chi connectivity index (χ3n) is 2.02. The van der Waals surface area contributed by atoms with Crippen molar-refractivity contribution in [3.05, 3.63) is 21.2 Å². The Labute approximate surface area is 82.6 Å². The number of rotatable bonds is 0. The Bertz CT molecular complexity index is 589. The molecule has 1 aliphatic heterocycles. The Morgan fingerprint density at radius 3 is 3.38 bits per heavy atom. The van der Waals surface area contributed by atoms with Gasteiger partial charge in [-0.15, -0.1) is 22.7 Å². The minimum Gasteiger partial charge on any atom is -0.185 e. The predicted molar refractivity (Wildman–Crippen MR) is 57.6 cm³/mol. The lowest BCUT2D eigenvalue weighted by atomic mass is 10.3. The molecule has 0 aromatic carbocycles. The minimum atomic E-state index is 0.700. The smallest absolute Gasteiger partial charge is 0.0877 e. The van der Waals surface area contributed by atoms with E-state index in [4.69, 9.17) is 0 Å². The normalized spacial score (nSPS) is 14.8.